The summed E-state index contributed by atoms with van der Waals surface area (Å²) in [6.07, 6.45) is 1.14. The highest BCUT2D eigenvalue weighted by molar-refractivity contribution is 5.83. The van der Waals surface area contributed by atoms with Crippen molar-refractivity contribution >= 4 is 11.9 Å². The number of ether oxygens (including phenoxy) is 3. The van der Waals surface area contributed by atoms with Gasteiger partial charge in [0.25, 0.3) is 0 Å². The lowest BCUT2D eigenvalue weighted by atomic mass is 9.94. The van der Waals surface area contributed by atoms with Gasteiger partial charge >= 0.3 is 11.9 Å². The van der Waals surface area contributed by atoms with Crippen LogP contribution in [0.5, 0.6) is 0 Å². The van der Waals surface area contributed by atoms with E-state index in [1.165, 1.54) is 26.9 Å². The highest BCUT2D eigenvalue weighted by atomic mass is 16.6. The third kappa shape index (κ3) is 5.19. The Hall–Kier alpha value is -1.88. The fourth-order valence-electron chi connectivity index (χ4n) is 2.26. The van der Waals surface area contributed by atoms with E-state index in [-0.39, 0.29) is 0 Å². The largest absolute Gasteiger partial charge is 0.469 e. The van der Waals surface area contributed by atoms with Crippen LogP contribution in [0.1, 0.15) is 18.4 Å². The van der Waals surface area contributed by atoms with E-state index in [1.54, 1.807) is 0 Å². The van der Waals surface area contributed by atoms with Gasteiger partial charge in [0.2, 0.25) is 0 Å². The second-order valence-corrected chi connectivity index (χ2v) is 4.69. The lowest BCUT2D eigenvalue weighted by Gasteiger charge is -2.21. The first-order chi connectivity index (χ1) is 10.1. The van der Waals surface area contributed by atoms with Gasteiger partial charge in [0.1, 0.15) is 0 Å². The lowest BCUT2D eigenvalue weighted by molar-refractivity contribution is -0.166. The third-order valence-corrected chi connectivity index (χ3v) is 3.38. The smallest absolute Gasteiger partial charge is 0.335 e. The zero-order chi connectivity index (χ0) is 15.7. The second-order valence-electron chi connectivity index (χ2n) is 4.69. The summed E-state index contributed by atoms with van der Waals surface area (Å²) in [5, 5.41) is 0. The SMILES string of the molecule is COC(=O)C(CCCc1ccccc1)[C@H](OC)C(=O)OC. The van der Waals surface area contributed by atoms with Gasteiger partial charge in [-0.25, -0.2) is 4.79 Å². The number of hydrogen-bond acceptors (Lipinski definition) is 5. The molecule has 0 N–H and O–H groups in total. The van der Waals surface area contributed by atoms with Gasteiger partial charge in [-0.2, -0.15) is 0 Å². The van der Waals surface area contributed by atoms with Gasteiger partial charge in [0, 0.05) is 7.11 Å². The van der Waals surface area contributed by atoms with Crippen LogP contribution in [0.3, 0.4) is 0 Å². The number of benzene rings is 1. The van der Waals surface area contributed by atoms with E-state index in [9.17, 15) is 9.59 Å². The zero-order valence-corrected chi connectivity index (χ0v) is 12.7. The predicted molar refractivity (Wildman–Crippen MR) is 77.7 cm³/mol. The van der Waals surface area contributed by atoms with Gasteiger partial charge in [0.15, 0.2) is 6.10 Å². The van der Waals surface area contributed by atoms with Crippen molar-refractivity contribution in [3.8, 4) is 0 Å². The standard InChI is InChI=1S/C16H22O5/c1-19-14(16(18)21-3)13(15(17)20-2)11-7-10-12-8-5-4-6-9-12/h4-6,8-9,13-14H,7,10-11H2,1-3H3/t13?,14-/m0/s1. The number of hydrogen-bond donors (Lipinski definition) is 0. The summed E-state index contributed by atoms with van der Waals surface area (Å²) in [7, 11) is 3.96. The third-order valence-electron chi connectivity index (χ3n) is 3.38. The Labute approximate surface area is 125 Å². The van der Waals surface area contributed by atoms with Crippen molar-refractivity contribution < 1.29 is 23.8 Å². The molecule has 0 heterocycles. The first kappa shape index (κ1) is 17.2. The molecule has 0 aliphatic carbocycles. The van der Waals surface area contributed by atoms with Crippen LogP contribution in [0.4, 0.5) is 0 Å². The molecule has 116 valence electrons. The summed E-state index contributed by atoms with van der Waals surface area (Å²) in [5.41, 5.74) is 1.19. The van der Waals surface area contributed by atoms with Crippen molar-refractivity contribution in [2.75, 3.05) is 21.3 Å². The minimum atomic E-state index is -0.932. The molecular formula is C16H22O5. The first-order valence-corrected chi connectivity index (χ1v) is 6.86. The minimum Gasteiger partial charge on any atom is -0.469 e. The van der Waals surface area contributed by atoms with E-state index in [4.69, 9.17) is 9.47 Å². The van der Waals surface area contributed by atoms with Crippen molar-refractivity contribution in [3.63, 3.8) is 0 Å². The molecule has 1 rings (SSSR count). The summed E-state index contributed by atoms with van der Waals surface area (Å²) in [6.45, 7) is 0. The number of carbonyl (C=O) groups excluding carboxylic acids is 2. The normalized spacial score (nSPS) is 13.3. The van der Waals surface area contributed by atoms with E-state index >= 15 is 0 Å². The number of esters is 2. The predicted octanol–water partition coefficient (Wildman–Crippen LogP) is 1.99. The molecule has 5 heteroatoms. The summed E-state index contributed by atoms with van der Waals surface area (Å²) in [5.74, 6) is -1.68. The van der Waals surface area contributed by atoms with Crippen LogP contribution in [-0.4, -0.2) is 39.4 Å². The summed E-state index contributed by atoms with van der Waals surface area (Å²) in [4.78, 5) is 23.5. The van der Waals surface area contributed by atoms with Crippen molar-refractivity contribution in [2.45, 2.75) is 25.4 Å². The van der Waals surface area contributed by atoms with Crippen LogP contribution >= 0.6 is 0 Å². The maximum Gasteiger partial charge on any atom is 0.335 e. The molecule has 0 aliphatic rings. The van der Waals surface area contributed by atoms with E-state index < -0.39 is 24.0 Å². The van der Waals surface area contributed by atoms with Gasteiger partial charge in [-0.3, -0.25) is 4.79 Å². The second kappa shape index (κ2) is 9.13. The van der Waals surface area contributed by atoms with Gasteiger partial charge in [0.05, 0.1) is 20.1 Å². The van der Waals surface area contributed by atoms with E-state index in [0.717, 1.165) is 12.8 Å². The molecule has 21 heavy (non-hydrogen) atoms. The van der Waals surface area contributed by atoms with E-state index in [2.05, 4.69) is 4.74 Å². The number of rotatable bonds is 8. The number of methoxy groups -OCH3 is 3. The fourth-order valence-corrected chi connectivity index (χ4v) is 2.26. The monoisotopic (exact) mass is 294 g/mol. The Morgan fingerprint density at radius 2 is 1.62 bits per heavy atom. The molecule has 2 atom stereocenters. The van der Waals surface area contributed by atoms with Crippen LogP contribution in [0.15, 0.2) is 30.3 Å². The molecule has 1 aromatic rings. The maximum absolute atomic E-state index is 11.9. The first-order valence-electron chi connectivity index (χ1n) is 6.86. The molecule has 0 spiro atoms. The molecule has 0 aromatic heterocycles. The molecule has 0 saturated heterocycles. The molecule has 0 bridgehead atoms. The molecule has 0 aliphatic heterocycles. The summed E-state index contributed by atoms with van der Waals surface area (Å²) < 4.78 is 14.6. The van der Waals surface area contributed by atoms with Crippen molar-refractivity contribution in [1.82, 2.24) is 0 Å². The highest BCUT2D eigenvalue weighted by Crippen LogP contribution is 2.19. The van der Waals surface area contributed by atoms with Crippen LogP contribution in [0, 0.1) is 5.92 Å². The van der Waals surface area contributed by atoms with Crippen LogP contribution in [0.2, 0.25) is 0 Å². The number of aryl methyl sites for hydroxylation is 1. The fraction of sp³-hybridized carbons (Fsp3) is 0.500. The van der Waals surface area contributed by atoms with Crippen LogP contribution in [-0.2, 0) is 30.2 Å². The van der Waals surface area contributed by atoms with Crippen LogP contribution < -0.4 is 0 Å². The maximum atomic E-state index is 11.9. The van der Waals surface area contributed by atoms with Gasteiger partial charge in [-0.1, -0.05) is 30.3 Å². The molecule has 0 fully saturated rings. The Morgan fingerprint density at radius 3 is 2.14 bits per heavy atom. The average Bonchev–Trinajstić information content (AvgIpc) is 2.54. The molecular weight excluding hydrogens is 272 g/mol. The molecule has 0 amide bonds. The van der Waals surface area contributed by atoms with Crippen LogP contribution in [0.25, 0.3) is 0 Å². The summed E-state index contributed by atoms with van der Waals surface area (Å²) in [6, 6.07) is 9.96. The number of carbonyl (C=O) groups is 2. The quantitative estimate of drug-likeness (QED) is 0.686. The van der Waals surface area contributed by atoms with Crippen molar-refractivity contribution in [2.24, 2.45) is 5.92 Å². The average molecular weight is 294 g/mol. The minimum absolute atomic E-state index is 0.458. The Balaban J connectivity index is 2.65. The van der Waals surface area contributed by atoms with Crippen molar-refractivity contribution in [1.29, 1.82) is 0 Å². The van der Waals surface area contributed by atoms with E-state index in [0.29, 0.717) is 6.42 Å². The van der Waals surface area contributed by atoms with Gasteiger partial charge in [-0.15, -0.1) is 0 Å². The highest BCUT2D eigenvalue weighted by Gasteiger charge is 2.35. The molecule has 0 radical (unpaired) electrons. The topological polar surface area (TPSA) is 61.8 Å². The Kier molecular flexibility index (Phi) is 7.46. The Bertz CT molecular complexity index is 443. The van der Waals surface area contributed by atoms with Gasteiger partial charge in [-0.05, 0) is 24.8 Å². The lowest BCUT2D eigenvalue weighted by Crippen LogP contribution is -2.38. The van der Waals surface area contributed by atoms with E-state index in [1.807, 2.05) is 30.3 Å². The molecule has 0 saturated carbocycles. The zero-order valence-electron chi connectivity index (χ0n) is 12.7. The Morgan fingerprint density at radius 1 is 1.00 bits per heavy atom. The van der Waals surface area contributed by atoms with Gasteiger partial charge < -0.3 is 14.2 Å². The molecule has 1 unspecified atom stereocenters. The molecule has 5 nitrogen and oxygen atoms in total. The van der Waals surface area contributed by atoms with Crippen molar-refractivity contribution in [3.05, 3.63) is 35.9 Å². The summed E-state index contributed by atoms with van der Waals surface area (Å²) >= 11 is 0. The molecule has 1 aromatic carbocycles.